The second-order valence-corrected chi connectivity index (χ2v) is 5.51. The molecule has 1 atom stereocenters. The number of nitro groups is 1. The largest absolute Gasteiger partial charge is 0.316 e. The van der Waals surface area contributed by atoms with E-state index in [0.29, 0.717) is 17.8 Å². The molecular weight excluding hydrogens is 274 g/mol. The van der Waals surface area contributed by atoms with Crippen LogP contribution in [0, 0.1) is 16.0 Å². The fourth-order valence-electron chi connectivity index (χ4n) is 2.85. The number of aromatic nitrogens is 1. The molecule has 9 nitrogen and oxygen atoms in total. The van der Waals surface area contributed by atoms with Gasteiger partial charge in [0.1, 0.15) is 5.54 Å². The molecule has 3 rings (SSSR count). The van der Waals surface area contributed by atoms with Crippen LogP contribution in [0.2, 0.25) is 0 Å². The van der Waals surface area contributed by atoms with Crippen molar-refractivity contribution in [2.75, 3.05) is 5.01 Å². The Morgan fingerprint density at radius 1 is 1.57 bits per heavy atom. The van der Waals surface area contributed by atoms with Crippen molar-refractivity contribution < 1.29 is 4.92 Å². The molecule has 1 aromatic rings. The van der Waals surface area contributed by atoms with Crippen molar-refractivity contribution in [2.24, 2.45) is 22.0 Å². The number of fused-ring (bicyclic) bond motifs is 3. The highest BCUT2D eigenvalue weighted by atomic mass is 16.6. The number of nitrogens with two attached hydrogens (primary N) is 1. The lowest BCUT2D eigenvalue weighted by Crippen LogP contribution is -2.50. The molecular formula is C12H15N7O2. The molecule has 0 amide bonds. The summed E-state index contributed by atoms with van der Waals surface area (Å²) < 4.78 is 0. The molecule has 0 spiro atoms. The van der Waals surface area contributed by atoms with E-state index in [1.165, 1.54) is 5.01 Å². The zero-order valence-corrected chi connectivity index (χ0v) is 11.6. The van der Waals surface area contributed by atoms with Gasteiger partial charge in [-0.25, -0.2) is 4.98 Å². The van der Waals surface area contributed by atoms with Gasteiger partial charge in [0.25, 0.3) is 5.82 Å². The van der Waals surface area contributed by atoms with Gasteiger partial charge in [0, 0.05) is 11.8 Å². The van der Waals surface area contributed by atoms with Gasteiger partial charge < -0.3 is 5.73 Å². The Labute approximate surface area is 120 Å². The van der Waals surface area contributed by atoms with E-state index in [2.05, 4.69) is 20.9 Å². The van der Waals surface area contributed by atoms with Crippen molar-refractivity contribution in [3.63, 3.8) is 0 Å². The second kappa shape index (κ2) is 4.48. The first-order chi connectivity index (χ1) is 9.95. The predicted octanol–water partition coefficient (Wildman–Crippen LogP) is 1.43. The summed E-state index contributed by atoms with van der Waals surface area (Å²) in [7, 11) is 0. The minimum absolute atomic E-state index is 0.0920. The number of anilines is 1. The minimum Gasteiger partial charge on any atom is -0.312 e. The number of nitrogens with one attached hydrogen (secondary N) is 1. The van der Waals surface area contributed by atoms with Gasteiger partial charge in [-0.05, 0) is 18.4 Å². The summed E-state index contributed by atoms with van der Waals surface area (Å²) in [6.07, 6.45) is 2.01. The van der Waals surface area contributed by atoms with Crippen LogP contribution in [0.3, 0.4) is 0 Å². The molecule has 2 aliphatic rings. The molecule has 2 aliphatic heterocycles. The predicted molar refractivity (Wildman–Crippen MR) is 74.0 cm³/mol. The quantitative estimate of drug-likeness (QED) is 0.641. The third-order valence-corrected chi connectivity index (χ3v) is 3.53. The van der Waals surface area contributed by atoms with Gasteiger partial charge in [-0.1, -0.05) is 25.1 Å². The number of hydrogen-bond donors (Lipinski definition) is 2. The van der Waals surface area contributed by atoms with Gasteiger partial charge >= 0.3 is 5.70 Å². The summed E-state index contributed by atoms with van der Waals surface area (Å²) in [5, 5.41) is 20.4. The van der Waals surface area contributed by atoms with E-state index in [4.69, 9.17) is 5.73 Å². The van der Waals surface area contributed by atoms with E-state index in [1.807, 2.05) is 13.8 Å². The minimum atomic E-state index is -1.25. The summed E-state index contributed by atoms with van der Waals surface area (Å²) in [4.78, 5) is 15.4. The standard InChI is InChI=1S/C12H15N7O2/c1-7(2)6-12(13)8-4-3-5-14-10(8)18-11(15-16-17-18)9(12)19(20)21/h3-5,7H,6,13H2,1-2H3,(H,15,17). The summed E-state index contributed by atoms with van der Waals surface area (Å²) in [5.74, 6) is 0.747. The molecule has 0 radical (unpaired) electrons. The van der Waals surface area contributed by atoms with Crippen molar-refractivity contribution in [1.82, 2.24) is 10.5 Å². The van der Waals surface area contributed by atoms with Crippen molar-refractivity contribution in [2.45, 2.75) is 25.8 Å². The second-order valence-electron chi connectivity index (χ2n) is 5.51. The average Bonchev–Trinajstić information content (AvgIpc) is 2.86. The lowest BCUT2D eigenvalue weighted by atomic mass is 9.79. The van der Waals surface area contributed by atoms with E-state index in [-0.39, 0.29) is 17.4 Å². The van der Waals surface area contributed by atoms with Crippen molar-refractivity contribution in [3.8, 4) is 0 Å². The van der Waals surface area contributed by atoms with Crippen molar-refractivity contribution in [3.05, 3.63) is 45.5 Å². The Morgan fingerprint density at radius 2 is 2.33 bits per heavy atom. The molecule has 0 saturated carbocycles. The van der Waals surface area contributed by atoms with Crippen LogP contribution in [0.15, 0.2) is 40.2 Å². The monoisotopic (exact) mass is 289 g/mol. The van der Waals surface area contributed by atoms with Crippen LogP contribution in [0.25, 0.3) is 0 Å². The van der Waals surface area contributed by atoms with E-state index in [0.717, 1.165) is 0 Å². The molecule has 0 fully saturated rings. The SMILES string of the molecule is CC(C)CC1(N)C([N+](=O)[O-])=C2N=NNN2c2ncccc21. The van der Waals surface area contributed by atoms with Crippen molar-refractivity contribution in [1.29, 1.82) is 0 Å². The van der Waals surface area contributed by atoms with Crippen LogP contribution in [-0.2, 0) is 5.54 Å². The highest BCUT2D eigenvalue weighted by Gasteiger charge is 2.52. The van der Waals surface area contributed by atoms with Gasteiger partial charge in [-0.15, -0.1) is 5.11 Å². The molecule has 1 aromatic heterocycles. The lowest BCUT2D eigenvalue weighted by molar-refractivity contribution is -0.438. The fraction of sp³-hybridized carbons (Fsp3) is 0.417. The topological polar surface area (TPSA) is 122 Å². The maximum Gasteiger partial charge on any atom is 0.316 e. The summed E-state index contributed by atoms with van der Waals surface area (Å²) in [6.45, 7) is 3.93. The molecule has 21 heavy (non-hydrogen) atoms. The highest BCUT2D eigenvalue weighted by molar-refractivity contribution is 5.61. The van der Waals surface area contributed by atoms with Gasteiger partial charge in [0.15, 0.2) is 5.82 Å². The van der Waals surface area contributed by atoms with Gasteiger partial charge in [0.05, 0.1) is 4.92 Å². The first kappa shape index (κ1) is 13.4. The Balaban J connectivity index is 2.29. The molecule has 3 N–H and O–H groups in total. The van der Waals surface area contributed by atoms with E-state index >= 15 is 0 Å². The van der Waals surface area contributed by atoms with E-state index < -0.39 is 10.5 Å². The molecule has 110 valence electrons. The van der Waals surface area contributed by atoms with Gasteiger partial charge in [-0.3, -0.25) is 10.1 Å². The molecule has 3 heterocycles. The molecule has 0 aromatic carbocycles. The first-order valence-corrected chi connectivity index (χ1v) is 6.55. The normalized spacial score (nSPS) is 23.1. The summed E-state index contributed by atoms with van der Waals surface area (Å²) in [5.41, 5.74) is 8.26. The third-order valence-electron chi connectivity index (χ3n) is 3.53. The highest BCUT2D eigenvalue weighted by Crippen LogP contribution is 2.45. The van der Waals surface area contributed by atoms with Gasteiger partial charge in [0.2, 0.25) is 0 Å². The Bertz CT molecular complexity index is 669. The van der Waals surface area contributed by atoms with Gasteiger partial charge in [-0.2, -0.15) is 10.5 Å². The molecule has 0 aliphatic carbocycles. The third kappa shape index (κ3) is 1.85. The van der Waals surface area contributed by atoms with E-state index in [1.54, 1.807) is 18.3 Å². The zero-order valence-electron chi connectivity index (χ0n) is 11.6. The lowest BCUT2D eigenvalue weighted by Gasteiger charge is -2.35. The summed E-state index contributed by atoms with van der Waals surface area (Å²) >= 11 is 0. The first-order valence-electron chi connectivity index (χ1n) is 6.55. The average molecular weight is 289 g/mol. The summed E-state index contributed by atoms with van der Waals surface area (Å²) in [6, 6.07) is 3.47. The Hall–Kier alpha value is -2.55. The van der Waals surface area contributed by atoms with Crippen LogP contribution >= 0.6 is 0 Å². The Morgan fingerprint density at radius 3 is 3.00 bits per heavy atom. The van der Waals surface area contributed by atoms with Crippen LogP contribution in [-0.4, -0.2) is 9.91 Å². The van der Waals surface area contributed by atoms with Crippen molar-refractivity contribution >= 4 is 5.82 Å². The van der Waals surface area contributed by atoms with Crippen LogP contribution < -0.4 is 16.3 Å². The maximum absolute atomic E-state index is 11.6. The maximum atomic E-state index is 11.6. The number of nitrogens with zero attached hydrogens (tertiary/aromatic N) is 5. The molecule has 0 bridgehead atoms. The van der Waals surface area contributed by atoms with Crippen LogP contribution in [0.1, 0.15) is 25.8 Å². The van der Waals surface area contributed by atoms with E-state index in [9.17, 15) is 10.1 Å². The molecule has 0 saturated heterocycles. The molecule has 1 unspecified atom stereocenters. The van der Waals surface area contributed by atoms with Crippen LogP contribution in [0.5, 0.6) is 0 Å². The zero-order chi connectivity index (χ0) is 15.2. The number of hydrogen-bond acceptors (Lipinski definition) is 8. The Kier molecular flexibility index (Phi) is 2.87. The number of hydrazine groups is 1. The fourth-order valence-corrected chi connectivity index (χ4v) is 2.85. The molecule has 9 heteroatoms. The number of pyridine rings is 1. The van der Waals surface area contributed by atoms with Crippen LogP contribution in [0.4, 0.5) is 5.82 Å². The smallest absolute Gasteiger partial charge is 0.312 e. The number of rotatable bonds is 3.